The molecule has 106 valence electrons. The topological polar surface area (TPSA) is 63.8 Å². The van der Waals surface area contributed by atoms with Gasteiger partial charge in [0.25, 0.3) is 0 Å². The number of rotatable bonds is 4. The summed E-state index contributed by atoms with van der Waals surface area (Å²) in [5.41, 5.74) is 7.03. The van der Waals surface area contributed by atoms with Crippen molar-refractivity contribution in [2.45, 2.75) is 32.7 Å². The average molecular weight is 335 g/mol. The summed E-state index contributed by atoms with van der Waals surface area (Å²) in [7, 11) is 0. The molecular weight excluding hydrogens is 316 g/mol. The number of nitrogens with two attached hydrogens (primary N) is 1. The molecule has 0 aliphatic carbocycles. The molecule has 0 spiro atoms. The minimum absolute atomic E-state index is 0.150. The normalized spacial score (nSPS) is 12.4. The molecule has 0 fully saturated rings. The van der Waals surface area contributed by atoms with E-state index in [-0.39, 0.29) is 12.0 Å². The molecule has 0 saturated carbocycles. The summed E-state index contributed by atoms with van der Waals surface area (Å²) >= 11 is 3.44. The molecule has 5 heteroatoms. The van der Waals surface area contributed by atoms with Gasteiger partial charge in [-0.3, -0.25) is 0 Å². The van der Waals surface area contributed by atoms with Crippen LogP contribution in [0.25, 0.3) is 0 Å². The Hall–Kier alpha value is -1.62. The first-order valence-electron chi connectivity index (χ1n) is 6.62. The van der Waals surface area contributed by atoms with Crippen LogP contribution in [-0.4, -0.2) is 9.97 Å². The number of nitrogen functional groups attached to an aromatic ring is 1. The molecule has 4 nitrogen and oxygen atoms in total. The van der Waals surface area contributed by atoms with Crippen LogP contribution in [0.3, 0.4) is 0 Å². The Morgan fingerprint density at radius 3 is 2.35 bits per heavy atom. The molecule has 0 amide bonds. The molecule has 0 bridgehead atoms. The van der Waals surface area contributed by atoms with Crippen molar-refractivity contribution in [3.8, 4) is 0 Å². The number of aromatic nitrogens is 2. The Morgan fingerprint density at radius 2 is 1.75 bits per heavy atom. The van der Waals surface area contributed by atoms with Crippen molar-refractivity contribution in [3.05, 3.63) is 46.2 Å². The number of nitrogens with one attached hydrogen (secondary N) is 1. The maximum Gasteiger partial charge on any atom is 0.135 e. The summed E-state index contributed by atoms with van der Waals surface area (Å²) in [6.45, 7) is 6.20. The van der Waals surface area contributed by atoms with Gasteiger partial charge in [-0.05, 0) is 24.6 Å². The Bertz CT molecular complexity index is 581. The summed E-state index contributed by atoms with van der Waals surface area (Å²) < 4.78 is 1.07. The summed E-state index contributed by atoms with van der Waals surface area (Å²) in [6, 6.07) is 10.1. The minimum Gasteiger partial charge on any atom is -0.384 e. The molecule has 1 atom stereocenters. The number of hydrogen-bond acceptors (Lipinski definition) is 4. The van der Waals surface area contributed by atoms with E-state index in [0.29, 0.717) is 5.82 Å². The molecule has 2 aromatic rings. The fraction of sp³-hybridized carbons (Fsp3) is 0.333. The van der Waals surface area contributed by atoms with Gasteiger partial charge in [0.05, 0.1) is 0 Å². The van der Waals surface area contributed by atoms with Crippen LogP contribution in [-0.2, 0) is 0 Å². The van der Waals surface area contributed by atoms with E-state index in [1.165, 1.54) is 5.56 Å². The van der Waals surface area contributed by atoms with Crippen LogP contribution in [0.1, 0.15) is 44.1 Å². The molecule has 1 aromatic carbocycles. The second-order valence-corrected chi connectivity index (χ2v) is 6.02. The number of halogens is 1. The molecule has 1 aromatic heterocycles. The predicted molar refractivity (Wildman–Crippen MR) is 86.7 cm³/mol. The number of hydrogen-bond donors (Lipinski definition) is 2. The monoisotopic (exact) mass is 334 g/mol. The van der Waals surface area contributed by atoms with Crippen molar-refractivity contribution < 1.29 is 0 Å². The second kappa shape index (κ2) is 6.22. The van der Waals surface area contributed by atoms with E-state index in [4.69, 9.17) is 5.73 Å². The number of nitrogens with zero attached hydrogens (tertiary/aromatic N) is 2. The number of anilines is 2. The zero-order chi connectivity index (χ0) is 14.7. The summed E-state index contributed by atoms with van der Waals surface area (Å²) in [5, 5.41) is 3.37. The lowest BCUT2D eigenvalue weighted by Gasteiger charge is -2.16. The first-order chi connectivity index (χ1) is 9.45. The molecule has 0 saturated heterocycles. The van der Waals surface area contributed by atoms with E-state index >= 15 is 0 Å². The summed E-state index contributed by atoms with van der Waals surface area (Å²) in [4.78, 5) is 8.75. The molecule has 20 heavy (non-hydrogen) atoms. The fourth-order valence-electron chi connectivity index (χ4n) is 1.87. The van der Waals surface area contributed by atoms with E-state index in [1.54, 1.807) is 6.07 Å². The van der Waals surface area contributed by atoms with Gasteiger partial charge in [-0.1, -0.05) is 41.9 Å². The van der Waals surface area contributed by atoms with Gasteiger partial charge < -0.3 is 11.1 Å². The largest absolute Gasteiger partial charge is 0.384 e. The average Bonchev–Trinajstić information content (AvgIpc) is 2.38. The van der Waals surface area contributed by atoms with Gasteiger partial charge in [0, 0.05) is 22.5 Å². The lowest BCUT2D eigenvalue weighted by Crippen LogP contribution is -2.11. The van der Waals surface area contributed by atoms with Crippen LogP contribution >= 0.6 is 15.9 Å². The molecule has 1 unspecified atom stereocenters. The van der Waals surface area contributed by atoms with Crippen LogP contribution in [0.15, 0.2) is 34.8 Å². The number of benzene rings is 1. The van der Waals surface area contributed by atoms with E-state index in [1.807, 2.05) is 12.1 Å². The highest BCUT2D eigenvalue weighted by molar-refractivity contribution is 9.10. The van der Waals surface area contributed by atoms with Gasteiger partial charge in [0.2, 0.25) is 0 Å². The van der Waals surface area contributed by atoms with Crippen LogP contribution in [0.5, 0.6) is 0 Å². The Morgan fingerprint density at radius 1 is 1.10 bits per heavy atom. The Balaban J connectivity index is 2.18. The minimum atomic E-state index is 0.150. The van der Waals surface area contributed by atoms with Gasteiger partial charge in [0.1, 0.15) is 17.5 Å². The summed E-state index contributed by atoms with van der Waals surface area (Å²) in [6.07, 6.45) is 0. The van der Waals surface area contributed by atoms with Gasteiger partial charge in [-0.15, -0.1) is 0 Å². The molecule has 2 rings (SSSR count). The first-order valence-corrected chi connectivity index (χ1v) is 7.41. The molecule has 0 radical (unpaired) electrons. The highest BCUT2D eigenvalue weighted by Crippen LogP contribution is 2.22. The maximum absolute atomic E-state index is 5.83. The highest BCUT2D eigenvalue weighted by atomic mass is 79.9. The van der Waals surface area contributed by atoms with Crippen molar-refractivity contribution in [1.29, 1.82) is 0 Å². The lowest BCUT2D eigenvalue weighted by molar-refractivity contribution is 0.771. The zero-order valence-corrected chi connectivity index (χ0v) is 13.5. The third-order valence-corrected chi connectivity index (χ3v) is 3.54. The lowest BCUT2D eigenvalue weighted by atomic mass is 10.1. The first kappa shape index (κ1) is 14.8. The van der Waals surface area contributed by atoms with E-state index in [0.717, 1.165) is 16.1 Å². The molecule has 0 aliphatic heterocycles. The molecule has 1 heterocycles. The Labute approximate surface area is 128 Å². The van der Waals surface area contributed by atoms with Gasteiger partial charge in [-0.2, -0.15) is 0 Å². The zero-order valence-electron chi connectivity index (χ0n) is 11.9. The van der Waals surface area contributed by atoms with Gasteiger partial charge in [0.15, 0.2) is 0 Å². The molecular formula is C15H19BrN4. The van der Waals surface area contributed by atoms with Crippen molar-refractivity contribution in [2.75, 3.05) is 11.1 Å². The van der Waals surface area contributed by atoms with Gasteiger partial charge in [-0.25, -0.2) is 9.97 Å². The van der Waals surface area contributed by atoms with Crippen molar-refractivity contribution in [2.24, 2.45) is 0 Å². The highest BCUT2D eigenvalue weighted by Gasteiger charge is 2.10. The maximum atomic E-state index is 5.83. The third-order valence-electron chi connectivity index (χ3n) is 3.01. The second-order valence-electron chi connectivity index (χ2n) is 5.11. The van der Waals surface area contributed by atoms with Crippen LogP contribution < -0.4 is 11.1 Å². The van der Waals surface area contributed by atoms with Crippen molar-refractivity contribution in [1.82, 2.24) is 9.97 Å². The van der Waals surface area contributed by atoms with Crippen LogP contribution in [0.2, 0.25) is 0 Å². The van der Waals surface area contributed by atoms with E-state index in [9.17, 15) is 0 Å². The summed E-state index contributed by atoms with van der Waals surface area (Å²) in [5.74, 6) is 2.27. The fourth-order valence-corrected chi connectivity index (χ4v) is 2.14. The standard InChI is InChI=1S/C15H19BrN4/c1-9(2)15-19-13(17)8-14(20-15)18-10(3)11-4-6-12(16)7-5-11/h4-10H,1-3H3,(H3,17,18,19,20). The van der Waals surface area contributed by atoms with Crippen LogP contribution in [0.4, 0.5) is 11.6 Å². The van der Waals surface area contributed by atoms with E-state index < -0.39 is 0 Å². The SMILES string of the molecule is CC(C)c1nc(N)cc(NC(C)c2ccc(Br)cc2)n1. The smallest absolute Gasteiger partial charge is 0.135 e. The van der Waals surface area contributed by atoms with Gasteiger partial charge >= 0.3 is 0 Å². The third kappa shape index (κ3) is 3.70. The quantitative estimate of drug-likeness (QED) is 0.882. The molecule has 0 aliphatic rings. The Kier molecular flexibility index (Phi) is 4.60. The predicted octanol–water partition coefficient (Wildman–Crippen LogP) is 4.12. The van der Waals surface area contributed by atoms with Crippen molar-refractivity contribution >= 4 is 27.6 Å². The van der Waals surface area contributed by atoms with E-state index in [2.05, 4.69) is 64.1 Å². The van der Waals surface area contributed by atoms with Crippen LogP contribution in [0, 0.1) is 0 Å². The van der Waals surface area contributed by atoms with Crippen molar-refractivity contribution in [3.63, 3.8) is 0 Å². The molecule has 3 N–H and O–H groups in total.